The van der Waals surface area contributed by atoms with Crippen molar-refractivity contribution in [1.29, 1.82) is 0 Å². The van der Waals surface area contributed by atoms with Gasteiger partial charge < -0.3 is 14.8 Å². The Bertz CT molecular complexity index is 1190. The first-order chi connectivity index (χ1) is 15.2. The van der Waals surface area contributed by atoms with E-state index in [9.17, 15) is 4.79 Å². The molecule has 0 saturated carbocycles. The number of aromatic nitrogens is 6. The minimum Gasteiger partial charge on any atom is -0.461 e. The molecule has 0 aliphatic heterocycles. The lowest BCUT2D eigenvalue weighted by molar-refractivity contribution is -0.125. The van der Waals surface area contributed by atoms with Gasteiger partial charge in [0.2, 0.25) is 12.0 Å². The van der Waals surface area contributed by atoms with Crippen molar-refractivity contribution in [2.24, 2.45) is 0 Å². The van der Waals surface area contributed by atoms with Gasteiger partial charge >= 0.3 is 0 Å². The molecule has 0 saturated heterocycles. The summed E-state index contributed by atoms with van der Waals surface area (Å²) in [5, 5.41) is 7.94. The monoisotopic (exact) mass is 439 g/mol. The number of hydrogen-bond donors (Lipinski definition) is 1. The standard InChI is InChI=1S/C20H18ClN7O3/c1-2-30-11-15(19(29)27-16-7-3-4-8-22-16)31-20-13-10-26-28(17(13)24-12-25-20)18-14(21)6-5-9-23-18/h3-10,12,15H,2,11H2,1H3,(H,22,27,29). The second-order valence-electron chi connectivity index (χ2n) is 6.25. The number of pyridine rings is 2. The van der Waals surface area contributed by atoms with Gasteiger partial charge in [-0.1, -0.05) is 17.7 Å². The highest BCUT2D eigenvalue weighted by Crippen LogP contribution is 2.26. The number of hydrogen-bond acceptors (Lipinski definition) is 8. The normalized spacial score (nSPS) is 11.9. The van der Waals surface area contributed by atoms with Gasteiger partial charge in [-0.05, 0) is 31.2 Å². The Kier molecular flexibility index (Phi) is 6.29. The zero-order valence-corrected chi connectivity index (χ0v) is 17.2. The molecule has 4 aromatic heterocycles. The SMILES string of the molecule is CCOCC(Oc1ncnc2c1cnn2-c1ncccc1Cl)C(=O)Nc1ccccn1. The maximum absolute atomic E-state index is 12.8. The van der Waals surface area contributed by atoms with Crippen LogP contribution in [0.25, 0.3) is 16.9 Å². The molecule has 0 fully saturated rings. The van der Waals surface area contributed by atoms with Crippen LogP contribution >= 0.6 is 11.6 Å². The lowest BCUT2D eigenvalue weighted by Crippen LogP contribution is -2.37. The third-order valence-electron chi connectivity index (χ3n) is 4.20. The van der Waals surface area contributed by atoms with Gasteiger partial charge in [0.15, 0.2) is 11.5 Å². The minimum absolute atomic E-state index is 0.0286. The second-order valence-corrected chi connectivity index (χ2v) is 6.66. The number of rotatable bonds is 8. The summed E-state index contributed by atoms with van der Waals surface area (Å²) in [6.07, 6.45) is 5.07. The molecule has 0 aliphatic carbocycles. The Balaban J connectivity index is 1.63. The Morgan fingerprint density at radius 2 is 2.03 bits per heavy atom. The number of ether oxygens (including phenoxy) is 2. The van der Waals surface area contributed by atoms with Crippen molar-refractivity contribution in [1.82, 2.24) is 29.7 Å². The highest BCUT2D eigenvalue weighted by molar-refractivity contribution is 6.32. The molecular formula is C20H18ClN7O3. The van der Waals surface area contributed by atoms with Crippen LogP contribution in [0.5, 0.6) is 5.88 Å². The molecule has 0 aliphatic rings. The number of carbonyl (C=O) groups is 1. The van der Waals surface area contributed by atoms with Gasteiger partial charge in [0.25, 0.3) is 5.91 Å². The van der Waals surface area contributed by atoms with Crippen molar-refractivity contribution in [3.8, 4) is 11.7 Å². The van der Waals surface area contributed by atoms with E-state index < -0.39 is 12.0 Å². The lowest BCUT2D eigenvalue weighted by atomic mass is 10.3. The van der Waals surface area contributed by atoms with Crippen molar-refractivity contribution in [3.05, 3.63) is 60.3 Å². The first-order valence-corrected chi connectivity index (χ1v) is 9.81. The number of halogens is 1. The molecule has 10 nitrogen and oxygen atoms in total. The zero-order chi connectivity index (χ0) is 21.6. The smallest absolute Gasteiger partial charge is 0.269 e. The van der Waals surface area contributed by atoms with E-state index >= 15 is 0 Å². The molecule has 1 atom stereocenters. The fourth-order valence-corrected chi connectivity index (χ4v) is 2.97. The third kappa shape index (κ3) is 4.60. The van der Waals surface area contributed by atoms with Crippen LogP contribution < -0.4 is 10.1 Å². The van der Waals surface area contributed by atoms with Crippen molar-refractivity contribution >= 4 is 34.4 Å². The van der Waals surface area contributed by atoms with Crippen molar-refractivity contribution < 1.29 is 14.3 Å². The average Bonchev–Trinajstić information content (AvgIpc) is 3.22. The van der Waals surface area contributed by atoms with E-state index in [4.69, 9.17) is 21.1 Å². The number of carbonyl (C=O) groups excluding carboxylic acids is 1. The number of nitrogens with zero attached hydrogens (tertiary/aromatic N) is 6. The number of fused-ring (bicyclic) bond motifs is 1. The summed E-state index contributed by atoms with van der Waals surface area (Å²) in [6, 6.07) is 8.63. The van der Waals surface area contributed by atoms with Crippen LogP contribution in [0.2, 0.25) is 5.02 Å². The van der Waals surface area contributed by atoms with Gasteiger partial charge in [-0.3, -0.25) is 4.79 Å². The summed E-state index contributed by atoms with van der Waals surface area (Å²) in [5.41, 5.74) is 0.436. The van der Waals surface area contributed by atoms with Gasteiger partial charge in [0, 0.05) is 19.0 Å². The van der Waals surface area contributed by atoms with Crippen LogP contribution in [0.4, 0.5) is 5.82 Å². The number of amides is 1. The van der Waals surface area contributed by atoms with Crippen LogP contribution in [0.15, 0.2) is 55.2 Å². The Labute approximate surface area is 182 Å². The molecule has 0 bridgehead atoms. The molecular weight excluding hydrogens is 422 g/mol. The van der Waals surface area contributed by atoms with E-state index in [1.54, 1.807) is 42.7 Å². The largest absolute Gasteiger partial charge is 0.461 e. The highest BCUT2D eigenvalue weighted by Gasteiger charge is 2.24. The van der Waals surface area contributed by atoms with Crippen LogP contribution in [-0.4, -0.2) is 54.9 Å². The number of anilines is 1. The van der Waals surface area contributed by atoms with Crippen LogP contribution in [0.1, 0.15) is 6.92 Å². The predicted molar refractivity (Wildman–Crippen MR) is 113 cm³/mol. The van der Waals surface area contributed by atoms with E-state index in [-0.39, 0.29) is 12.5 Å². The fourth-order valence-electron chi connectivity index (χ4n) is 2.77. The summed E-state index contributed by atoms with van der Waals surface area (Å²) in [7, 11) is 0. The molecule has 4 heterocycles. The Hall–Kier alpha value is -3.63. The lowest BCUT2D eigenvalue weighted by Gasteiger charge is -2.18. The molecule has 1 amide bonds. The first kappa shape index (κ1) is 20.6. The summed E-state index contributed by atoms with van der Waals surface area (Å²) >= 11 is 6.24. The topological polar surface area (TPSA) is 117 Å². The van der Waals surface area contributed by atoms with E-state index in [0.717, 1.165) is 0 Å². The molecule has 31 heavy (non-hydrogen) atoms. The van der Waals surface area contributed by atoms with Crippen LogP contribution in [0, 0.1) is 0 Å². The van der Waals surface area contributed by atoms with E-state index in [1.165, 1.54) is 17.2 Å². The molecule has 1 N–H and O–H groups in total. The van der Waals surface area contributed by atoms with Gasteiger partial charge in [-0.25, -0.2) is 19.9 Å². The third-order valence-corrected chi connectivity index (χ3v) is 4.50. The average molecular weight is 440 g/mol. The van der Waals surface area contributed by atoms with Gasteiger partial charge in [0.1, 0.15) is 17.5 Å². The summed E-state index contributed by atoms with van der Waals surface area (Å²) in [4.78, 5) is 29.6. The number of nitrogens with one attached hydrogen (secondary N) is 1. The van der Waals surface area contributed by atoms with Crippen molar-refractivity contribution in [3.63, 3.8) is 0 Å². The summed E-state index contributed by atoms with van der Waals surface area (Å²) in [5.74, 6) is 0.592. The Morgan fingerprint density at radius 3 is 2.81 bits per heavy atom. The predicted octanol–water partition coefficient (Wildman–Crippen LogP) is 2.68. The molecule has 4 rings (SSSR count). The molecule has 0 radical (unpaired) electrons. The molecule has 0 aromatic carbocycles. The first-order valence-electron chi connectivity index (χ1n) is 9.43. The van der Waals surface area contributed by atoms with E-state index in [2.05, 4.69) is 30.4 Å². The summed E-state index contributed by atoms with van der Waals surface area (Å²) in [6.45, 7) is 2.28. The quantitative estimate of drug-likeness (QED) is 0.445. The van der Waals surface area contributed by atoms with Gasteiger partial charge in [0.05, 0.1) is 17.8 Å². The van der Waals surface area contributed by atoms with E-state index in [0.29, 0.717) is 34.3 Å². The van der Waals surface area contributed by atoms with Crippen LogP contribution in [-0.2, 0) is 9.53 Å². The molecule has 0 spiro atoms. The maximum Gasteiger partial charge on any atom is 0.269 e. The minimum atomic E-state index is -0.971. The Morgan fingerprint density at radius 1 is 1.16 bits per heavy atom. The maximum atomic E-state index is 12.8. The van der Waals surface area contributed by atoms with Crippen molar-refractivity contribution in [2.45, 2.75) is 13.0 Å². The van der Waals surface area contributed by atoms with Crippen LogP contribution in [0.3, 0.4) is 0 Å². The zero-order valence-electron chi connectivity index (χ0n) is 16.5. The molecule has 158 valence electrons. The van der Waals surface area contributed by atoms with Gasteiger partial charge in [-0.15, -0.1) is 0 Å². The summed E-state index contributed by atoms with van der Waals surface area (Å²) < 4.78 is 12.8. The van der Waals surface area contributed by atoms with Gasteiger partial charge in [-0.2, -0.15) is 9.78 Å². The molecule has 4 aromatic rings. The fraction of sp³-hybridized carbons (Fsp3) is 0.200. The molecule has 1 unspecified atom stereocenters. The highest BCUT2D eigenvalue weighted by atomic mass is 35.5. The van der Waals surface area contributed by atoms with Crippen molar-refractivity contribution in [2.75, 3.05) is 18.5 Å². The molecule has 11 heteroatoms. The van der Waals surface area contributed by atoms with E-state index in [1.807, 2.05) is 6.92 Å². The second kappa shape index (κ2) is 9.45.